The number of ether oxygens (including phenoxy) is 1. The van der Waals surface area contributed by atoms with E-state index in [1.807, 2.05) is 24.3 Å². The molecule has 0 atom stereocenters. The lowest BCUT2D eigenvalue weighted by atomic mass is 10.2. The number of hydrogen-bond acceptors (Lipinski definition) is 6. The lowest BCUT2D eigenvalue weighted by Crippen LogP contribution is -2.28. The van der Waals surface area contributed by atoms with Gasteiger partial charge in [-0.05, 0) is 29.8 Å². The van der Waals surface area contributed by atoms with Gasteiger partial charge in [0.05, 0.1) is 17.7 Å². The number of nitro benzene ring substituents is 1. The van der Waals surface area contributed by atoms with Gasteiger partial charge in [-0.1, -0.05) is 12.1 Å². The lowest BCUT2D eigenvalue weighted by Gasteiger charge is -2.09. The molecule has 2 N–H and O–H groups in total. The smallest absolute Gasteiger partial charge is 0.319 e. The van der Waals surface area contributed by atoms with Crippen LogP contribution in [0, 0.1) is 10.1 Å². The number of nitro groups is 1. The Balaban J connectivity index is 1.63. The van der Waals surface area contributed by atoms with Crippen molar-refractivity contribution in [2.45, 2.75) is 6.54 Å². The Morgan fingerprint density at radius 1 is 1.30 bits per heavy atom. The zero-order valence-corrected chi connectivity index (χ0v) is 14.3. The van der Waals surface area contributed by atoms with Crippen LogP contribution in [0.2, 0.25) is 0 Å². The molecular formula is C17H16N6O4. The van der Waals surface area contributed by atoms with Gasteiger partial charge in [-0.15, -0.1) is 0 Å². The molecule has 3 rings (SSSR count). The fraction of sp³-hybridized carbons (Fsp3) is 0.118. The van der Waals surface area contributed by atoms with Gasteiger partial charge in [0.15, 0.2) is 5.75 Å². The third kappa shape index (κ3) is 4.37. The van der Waals surface area contributed by atoms with Crippen LogP contribution in [0.1, 0.15) is 5.56 Å². The number of carbonyl (C=O) groups is 1. The van der Waals surface area contributed by atoms with Crippen molar-refractivity contribution < 1.29 is 14.5 Å². The van der Waals surface area contributed by atoms with Gasteiger partial charge in [0.2, 0.25) is 0 Å². The van der Waals surface area contributed by atoms with E-state index in [0.717, 1.165) is 11.3 Å². The zero-order chi connectivity index (χ0) is 19.2. The van der Waals surface area contributed by atoms with Crippen LogP contribution in [0.15, 0.2) is 55.1 Å². The Kier molecular flexibility index (Phi) is 5.26. The Bertz CT molecular complexity index is 958. The van der Waals surface area contributed by atoms with E-state index < -0.39 is 11.0 Å². The average molecular weight is 368 g/mol. The van der Waals surface area contributed by atoms with Crippen LogP contribution in [0.3, 0.4) is 0 Å². The van der Waals surface area contributed by atoms with E-state index in [4.69, 9.17) is 4.74 Å². The maximum absolute atomic E-state index is 12.1. The van der Waals surface area contributed by atoms with E-state index >= 15 is 0 Å². The third-order valence-corrected chi connectivity index (χ3v) is 3.68. The number of benzene rings is 2. The van der Waals surface area contributed by atoms with E-state index in [-0.39, 0.29) is 23.7 Å². The number of hydrogen-bond donors (Lipinski definition) is 2. The standard InChI is InChI=1S/C17H16N6O4/c1-27-16-6-5-13(8-15(16)23(25)26)21-17(24)19-9-12-3-2-4-14(7-12)22-11-18-10-20-22/h2-8,10-11H,9H2,1H3,(H2,19,21,24). The molecule has 138 valence electrons. The molecule has 0 aliphatic carbocycles. The van der Waals surface area contributed by atoms with Crippen molar-refractivity contribution in [3.63, 3.8) is 0 Å². The minimum absolute atomic E-state index is 0.121. The van der Waals surface area contributed by atoms with E-state index in [9.17, 15) is 14.9 Å². The molecule has 2 aromatic carbocycles. The molecule has 2 amide bonds. The topological polar surface area (TPSA) is 124 Å². The van der Waals surface area contributed by atoms with Crippen LogP contribution in [0.5, 0.6) is 5.75 Å². The summed E-state index contributed by atoms with van der Waals surface area (Å²) in [5.41, 5.74) is 1.74. The van der Waals surface area contributed by atoms with E-state index in [1.54, 1.807) is 11.0 Å². The second-order valence-electron chi connectivity index (χ2n) is 5.46. The summed E-state index contributed by atoms with van der Waals surface area (Å²) in [6.07, 6.45) is 3.02. The normalized spacial score (nSPS) is 10.3. The van der Waals surface area contributed by atoms with Crippen molar-refractivity contribution in [2.24, 2.45) is 0 Å². The summed E-state index contributed by atoms with van der Waals surface area (Å²) in [5.74, 6) is 0.121. The van der Waals surface area contributed by atoms with Gasteiger partial charge in [-0.3, -0.25) is 10.1 Å². The van der Waals surface area contributed by atoms with Crippen molar-refractivity contribution in [3.05, 3.63) is 70.8 Å². The van der Waals surface area contributed by atoms with Crippen LogP contribution in [0.25, 0.3) is 5.69 Å². The number of urea groups is 1. The summed E-state index contributed by atoms with van der Waals surface area (Å²) in [5, 5.41) is 20.4. The Morgan fingerprint density at radius 2 is 2.15 bits per heavy atom. The average Bonchev–Trinajstić information content (AvgIpc) is 3.21. The van der Waals surface area contributed by atoms with Gasteiger partial charge < -0.3 is 15.4 Å². The molecule has 0 saturated heterocycles. The maximum atomic E-state index is 12.1. The van der Waals surface area contributed by atoms with E-state index in [2.05, 4.69) is 20.7 Å². The van der Waals surface area contributed by atoms with Gasteiger partial charge in [0.25, 0.3) is 0 Å². The van der Waals surface area contributed by atoms with Crippen molar-refractivity contribution in [2.75, 3.05) is 12.4 Å². The zero-order valence-electron chi connectivity index (χ0n) is 14.3. The fourth-order valence-electron chi connectivity index (χ4n) is 2.42. The van der Waals surface area contributed by atoms with Gasteiger partial charge in [-0.25, -0.2) is 14.5 Å². The molecular weight excluding hydrogens is 352 g/mol. The summed E-state index contributed by atoms with van der Waals surface area (Å²) < 4.78 is 6.54. The fourth-order valence-corrected chi connectivity index (χ4v) is 2.42. The highest BCUT2D eigenvalue weighted by Gasteiger charge is 2.16. The van der Waals surface area contributed by atoms with Crippen LogP contribution in [0.4, 0.5) is 16.2 Å². The molecule has 0 unspecified atom stereocenters. The van der Waals surface area contributed by atoms with Crippen LogP contribution in [-0.4, -0.2) is 32.8 Å². The first kappa shape index (κ1) is 17.9. The van der Waals surface area contributed by atoms with E-state index in [0.29, 0.717) is 0 Å². The number of nitrogens with zero attached hydrogens (tertiary/aromatic N) is 4. The Morgan fingerprint density at radius 3 is 2.85 bits per heavy atom. The minimum atomic E-state index is -0.572. The maximum Gasteiger partial charge on any atom is 0.319 e. The second-order valence-corrected chi connectivity index (χ2v) is 5.46. The quantitative estimate of drug-likeness (QED) is 0.509. The van der Waals surface area contributed by atoms with Crippen molar-refractivity contribution in [1.82, 2.24) is 20.1 Å². The monoisotopic (exact) mass is 368 g/mol. The number of rotatable bonds is 6. The first-order chi connectivity index (χ1) is 13.1. The number of amides is 2. The molecule has 0 fully saturated rings. The molecule has 27 heavy (non-hydrogen) atoms. The summed E-state index contributed by atoms with van der Waals surface area (Å²) in [7, 11) is 1.34. The third-order valence-electron chi connectivity index (χ3n) is 3.68. The first-order valence-electron chi connectivity index (χ1n) is 7.88. The number of nitrogens with one attached hydrogen (secondary N) is 2. The minimum Gasteiger partial charge on any atom is -0.490 e. The van der Waals surface area contributed by atoms with Crippen LogP contribution in [-0.2, 0) is 6.54 Å². The lowest BCUT2D eigenvalue weighted by molar-refractivity contribution is -0.385. The molecule has 0 saturated carbocycles. The van der Waals surface area contributed by atoms with Crippen LogP contribution < -0.4 is 15.4 Å². The predicted octanol–water partition coefficient (Wildman–Crippen LogP) is 2.51. The Hall–Kier alpha value is -3.95. The number of methoxy groups -OCH3 is 1. The molecule has 0 aliphatic rings. The van der Waals surface area contributed by atoms with Crippen LogP contribution >= 0.6 is 0 Å². The van der Waals surface area contributed by atoms with Gasteiger partial charge in [0.1, 0.15) is 12.7 Å². The second kappa shape index (κ2) is 7.95. The number of aromatic nitrogens is 3. The van der Waals surface area contributed by atoms with Crippen molar-refractivity contribution in [1.29, 1.82) is 0 Å². The van der Waals surface area contributed by atoms with Gasteiger partial charge >= 0.3 is 11.7 Å². The van der Waals surface area contributed by atoms with E-state index in [1.165, 1.54) is 31.6 Å². The molecule has 10 heteroatoms. The van der Waals surface area contributed by atoms with Crippen molar-refractivity contribution >= 4 is 17.4 Å². The predicted molar refractivity (Wildman–Crippen MR) is 96.9 cm³/mol. The first-order valence-corrected chi connectivity index (χ1v) is 7.88. The van der Waals surface area contributed by atoms with Gasteiger partial charge in [0, 0.05) is 18.3 Å². The number of carbonyl (C=O) groups excluding carboxylic acids is 1. The summed E-state index contributed by atoms with van der Waals surface area (Å²) in [4.78, 5) is 26.5. The largest absolute Gasteiger partial charge is 0.490 e. The summed E-state index contributed by atoms with van der Waals surface area (Å²) in [6.45, 7) is 0.270. The highest BCUT2D eigenvalue weighted by Crippen LogP contribution is 2.29. The number of anilines is 1. The highest BCUT2D eigenvalue weighted by atomic mass is 16.6. The molecule has 0 radical (unpaired) electrons. The van der Waals surface area contributed by atoms with Gasteiger partial charge in [-0.2, -0.15) is 5.10 Å². The summed E-state index contributed by atoms with van der Waals surface area (Å²) >= 11 is 0. The molecule has 0 aliphatic heterocycles. The molecule has 3 aromatic rings. The summed E-state index contributed by atoms with van der Waals surface area (Å²) in [6, 6.07) is 11.1. The molecule has 1 heterocycles. The highest BCUT2D eigenvalue weighted by molar-refractivity contribution is 5.89. The van der Waals surface area contributed by atoms with Crippen molar-refractivity contribution in [3.8, 4) is 11.4 Å². The molecule has 10 nitrogen and oxygen atoms in total. The molecule has 0 bridgehead atoms. The SMILES string of the molecule is COc1ccc(NC(=O)NCc2cccc(-n3cncn3)c2)cc1[N+](=O)[O-]. The molecule has 0 spiro atoms. The Labute approximate surface area is 153 Å². The molecule has 1 aromatic heterocycles.